The molecule has 1 saturated heterocycles. The van der Waals surface area contributed by atoms with Gasteiger partial charge in [0.05, 0.1) is 0 Å². The van der Waals surface area contributed by atoms with Crippen LogP contribution in [0.25, 0.3) is 0 Å². The van der Waals surface area contributed by atoms with Crippen molar-refractivity contribution in [1.82, 2.24) is 0 Å². The first-order valence-electron chi connectivity index (χ1n) is 2.58. The maximum Gasteiger partial charge on any atom is 0.0466 e. The van der Waals surface area contributed by atoms with E-state index in [0.29, 0.717) is 0 Å². The molecule has 1 rings (SSSR count). The molecule has 0 atom stereocenters. The van der Waals surface area contributed by atoms with Gasteiger partial charge in [-0.15, -0.1) is 0 Å². The van der Waals surface area contributed by atoms with E-state index >= 15 is 0 Å². The lowest BCUT2D eigenvalue weighted by atomic mass is 10.4. The molecule has 1 heterocycles. The Balaban J connectivity index is 2.00. The van der Waals surface area contributed by atoms with E-state index in [1.54, 1.807) is 0 Å². The van der Waals surface area contributed by atoms with Gasteiger partial charge in [-0.2, -0.15) is 0 Å². The summed E-state index contributed by atoms with van der Waals surface area (Å²) in [7, 11) is 0. The van der Waals surface area contributed by atoms with Crippen LogP contribution in [-0.2, 0) is 4.74 Å². The molecular formula is C5H10O. The molecule has 0 radical (unpaired) electrons. The van der Waals surface area contributed by atoms with Gasteiger partial charge in [0.25, 0.3) is 0 Å². The van der Waals surface area contributed by atoms with Gasteiger partial charge in [0.2, 0.25) is 0 Å². The molecule has 0 bridgehead atoms. The first-order valence-corrected chi connectivity index (χ1v) is 2.58. The van der Waals surface area contributed by atoms with Crippen LogP contribution < -0.4 is 0 Å². The predicted octanol–water partition coefficient (Wildman–Crippen LogP) is 1.19. The van der Waals surface area contributed by atoms with Gasteiger partial charge in [0.1, 0.15) is 0 Å². The summed E-state index contributed by atoms with van der Waals surface area (Å²) in [6, 6.07) is 0. The van der Waals surface area contributed by atoms with Crippen molar-refractivity contribution in [3.8, 4) is 0 Å². The quantitative estimate of drug-likeness (QED) is 0.404. The van der Waals surface area contributed by atoms with Gasteiger partial charge >= 0.3 is 0 Å². The maximum absolute atomic E-state index is 5.07. The minimum Gasteiger partial charge on any atom is -0.381 e. The van der Waals surface area contributed by atoms with Crippen molar-refractivity contribution in [2.45, 2.75) is 19.3 Å². The second-order valence-corrected chi connectivity index (χ2v) is 1.67. The van der Waals surface area contributed by atoms with Gasteiger partial charge in [-0.05, 0) is 19.3 Å². The van der Waals surface area contributed by atoms with E-state index in [1.807, 2.05) is 0 Å². The van der Waals surface area contributed by atoms with E-state index in [2.05, 4.69) is 0 Å². The van der Waals surface area contributed by atoms with Gasteiger partial charge in [0, 0.05) is 13.2 Å². The number of ether oxygens (including phenoxy) is 1. The van der Waals surface area contributed by atoms with Crippen molar-refractivity contribution in [3.63, 3.8) is 0 Å². The van der Waals surface area contributed by atoms with Crippen molar-refractivity contribution in [2.75, 3.05) is 13.2 Å². The van der Waals surface area contributed by atoms with Crippen molar-refractivity contribution in [1.29, 1.82) is 0 Å². The zero-order valence-corrected chi connectivity index (χ0v) is 3.94. The summed E-state index contributed by atoms with van der Waals surface area (Å²) < 4.78 is 5.07. The molecule has 1 aliphatic heterocycles. The Morgan fingerprint density at radius 1 is 0.833 bits per heavy atom. The van der Waals surface area contributed by atoms with Gasteiger partial charge in [0.15, 0.2) is 0 Å². The Bertz CT molecular complexity index is 19.4. The number of hydrogen-bond acceptors (Lipinski definition) is 1. The summed E-state index contributed by atoms with van der Waals surface area (Å²) >= 11 is 0. The summed E-state index contributed by atoms with van der Waals surface area (Å²) in [4.78, 5) is 0. The lowest BCUT2D eigenvalue weighted by Crippen LogP contribution is -2.03. The normalized spacial score (nSPS) is 24.0. The molecule has 6 heavy (non-hydrogen) atoms. The van der Waals surface area contributed by atoms with E-state index in [0.717, 1.165) is 13.2 Å². The minimum absolute atomic E-state index is 1.00. The van der Waals surface area contributed by atoms with Crippen LogP contribution in [0.5, 0.6) is 0 Å². The smallest absolute Gasteiger partial charge is 0.0466 e. The highest BCUT2D eigenvalue weighted by Gasteiger charge is 1.94. The topological polar surface area (TPSA) is 9.23 Å². The van der Waals surface area contributed by atoms with Crippen LogP contribution in [0.3, 0.4) is 0 Å². The van der Waals surface area contributed by atoms with Gasteiger partial charge in [-0.1, -0.05) is 0 Å². The van der Waals surface area contributed by atoms with Crippen LogP contribution in [0.4, 0.5) is 0 Å². The van der Waals surface area contributed by atoms with Crippen molar-refractivity contribution in [3.05, 3.63) is 0 Å². The molecular weight excluding hydrogens is 78.0 g/mol. The third-order valence-electron chi connectivity index (χ3n) is 1.08. The standard InChI is InChI=1S/C5H10O/c1-2-4-6-5-3-1/h1-5H2/i2+1,4+1. The SMILES string of the molecule is C1C[13CH2][13CH2]OC1. The lowest BCUT2D eigenvalue weighted by molar-refractivity contribution is 0.0968. The van der Waals surface area contributed by atoms with Crippen LogP contribution in [0.15, 0.2) is 0 Å². The summed E-state index contributed by atoms with van der Waals surface area (Å²) in [6.45, 7) is 2.00. The molecule has 1 fully saturated rings. The highest BCUT2D eigenvalue weighted by atomic mass is 16.5. The fourth-order valence-electron chi connectivity index (χ4n) is 0.687. The monoisotopic (exact) mass is 88.1 g/mol. The molecule has 0 aliphatic carbocycles. The Labute approximate surface area is 38.3 Å². The van der Waals surface area contributed by atoms with Crippen LogP contribution in [0.2, 0.25) is 0 Å². The zero-order valence-electron chi connectivity index (χ0n) is 3.94. The van der Waals surface area contributed by atoms with Crippen LogP contribution >= 0.6 is 0 Å². The molecule has 0 unspecified atom stereocenters. The molecule has 1 aliphatic rings. The lowest BCUT2D eigenvalue weighted by Gasteiger charge is -2.08. The molecule has 36 valence electrons. The van der Waals surface area contributed by atoms with Crippen LogP contribution in [0.1, 0.15) is 19.3 Å². The fourth-order valence-corrected chi connectivity index (χ4v) is 0.687. The molecule has 0 N–H and O–H groups in total. The molecule has 0 aromatic carbocycles. The molecule has 1 heteroatoms. The van der Waals surface area contributed by atoms with Crippen molar-refractivity contribution >= 4 is 0 Å². The highest BCUT2D eigenvalue weighted by Crippen LogP contribution is 2.01. The van der Waals surface area contributed by atoms with E-state index in [9.17, 15) is 0 Å². The zero-order chi connectivity index (χ0) is 4.24. The summed E-state index contributed by atoms with van der Waals surface area (Å²) in [5.74, 6) is 0. The average Bonchev–Trinajstić information content (AvgIpc) is 1.72. The molecule has 1 nitrogen and oxygen atoms in total. The van der Waals surface area contributed by atoms with E-state index in [4.69, 9.17) is 4.74 Å². The van der Waals surface area contributed by atoms with E-state index < -0.39 is 0 Å². The Kier molecular flexibility index (Phi) is 1.51. The van der Waals surface area contributed by atoms with Crippen LogP contribution in [0, 0.1) is 0 Å². The van der Waals surface area contributed by atoms with Crippen molar-refractivity contribution < 1.29 is 4.74 Å². The molecule has 0 amide bonds. The first kappa shape index (κ1) is 4.13. The number of rotatable bonds is 0. The third kappa shape index (κ3) is 0.977. The highest BCUT2D eigenvalue weighted by molar-refractivity contribution is 4.45. The summed E-state index contributed by atoms with van der Waals surface area (Å²) in [6.07, 6.45) is 3.93. The third-order valence-corrected chi connectivity index (χ3v) is 1.08. The molecule has 0 spiro atoms. The largest absolute Gasteiger partial charge is 0.381 e. The molecule has 0 aromatic heterocycles. The van der Waals surface area contributed by atoms with E-state index in [1.165, 1.54) is 19.3 Å². The number of hydrogen-bond donors (Lipinski definition) is 0. The van der Waals surface area contributed by atoms with Crippen molar-refractivity contribution in [2.24, 2.45) is 0 Å². The van der Waals surface area contributed by atoms with Crippen LogP contribution in [-0.4, -0.2) is 13.2 Å². The second kappa shape index (κ2) is 2.19. The molecule has 0 aromatic rings. The fraction of sp³-hybridized carbons (Fsp3) is 1.00. The Hall–Kier alpha value is -0.0400. The minimum atomic E-state index is 1.00. The molecule has 0 saturated carbocycles. The summed E-state index contributed by atoms with van der Waals surface area (Å²) in [5.41, 5.74) is 0. The second-order valence-electron chi connectivity index (χ2n) is 1.67. The Morgan fingerprint density at radius 2 is 1.50 bits per heavy atom. The van der Waals surface area contributed by atoms with Gasteiger partial charge in [-0.25, -0.2) is 0 Å². The van der Waals surface area contributed by atoms with Gasteiger partial charge in [-0.3, -0.25) is 0 Å². The predicted molar refractivity (Wildman–Crippen MR) is 24.7 cm³/mol. The van der Waals surface area contributed by atoms with E-state index in [-0.39, 0.29) is 0 Å². The van der Waals surface area contributed by atoms with Gasteiger partial charge < -0.3 is 4.74 Å². The Morgan fingerprint density at radius 3 is 1.67 bits per heavy atom. The summed E-state index contributed by atoms with van der Waals surface area (Å²) in [5, 5.41) is 0. The first-order chi connectivity index (χ1) is 3.00. The maximum atomic E-state index is 5.07. The average molecular weight is 88.1 g/mol.